The molecule has 4 nitrogen and oxygen atoms in total. The summed E-state index contributed by atoms with van der Waals surface area (Å²) in [6, 6.07) is 5.01. The number of thiazole rings is 1. The molecule has 0 fully saturated rings. The van der Waals surface area contributed by atoms with Crippen LogP contribution in [0.25, 0.3) is 0 Å². The molecule has 7 heteroatoms. The highest BCUT2D eigenvalue weighted by Gasteiger charge is 2.10. The lowest BCUT2D eigenvalue weighted by Gasteiger charge is -2.07. The summed E-state index contributed by atoms with van der Waals surface area (Å²) in [6.07, 6.45) is 0.115. The van der Waals surface area contributed by atoms with Gasteiger partial charge >= 0.3 is 10.8 Å². The standard InChI is InChI=1S/C13H11BrClNO3S/c1-8-7-20-13(18)16(8)5-4-12(17)19-11-3-2-9(14)6-10(11)15/h2-3,6-7H,4-5H2,1H3. The molecule has 0 bridgehead atoms. The minimum atomic E-state index is -0.424. The fourth-order valence-corrected chi connectivity index (χ4v) is 3.08. The van der Waals surface area contributed by atoms with Crippen molar-refractivity contribution in [2.45, 2.75) is 19.9 Å². The molecule has 2 aromatic rings. The SMILES string of the molecule is Cc1csc(=O)n1CCC(=O)Oc1ccc(Br)cc1Cl. The molecule has 0 unspecified atom stereocenters. The van der Waals surface area contributed by atoms with Gasteiger partial charge in [0.05, 0.1) is 11.4 Å². The topological polar surface area (TPSA) is 48.3 Å². The molecule has 1 aromatic heterocycles. The van der Waals surface area contributed by atoms with E-state index < -0.39 is 5.97 Å². The Morgan fingerprint density at radius 1 is 1.50 bits per heavy atom. The van der Waals surface area contributed by atoms with Crippen LogP contribution in [0, 0.1) is 6.92 Å². The molecule has 0 N–H and O–H groups in total. The maximum Gasteiger partial charge on any atom is 0.313 e. The van der Waals surface area contributed by atoms with E-state index in [2.05, 4.69) is 15.9 Å². The van der Waals surface area contributed by atoms with Crippen molar-refractivity contribution in [3.63, 3.8) is 0 Å². The lowest BCUT2D eigenvalue weighted by Crippen LogP contribution is -2.19. The summed E-state index contributed by atoms with van der Waals surface area (Å²) in [5, 5.41) is 2.12. The summed E-state index contributed by atoms with van der Waals surface area (Å²) in [5.74, 6) is -0.110. The molecule has 0 atom stereocenters. The maximum absolute atomic E-state index is 11.8. The van der Waals surface area contributed by atoms with Crippen LogP contribution in [0.3, 0.4) is 0 Å². The summed E-state index contributed by atoms with van der Waals surface area (Å²) >= 11 is 10.4. The third kappa shape index (κ3) is 3.71. The van der Waals surface area contributed by atoms with Gasteiger partial charge in [0, 0.05) is 22.1 Å². The van der Waals surface area contributed by atoms with Crippen LogP contribution >= 0.6 is 38.9 Å². The maximum atomic E-state index is 11.8. The first-order valence-electron chi connectivity index (χ1n) is 5.78. The number of rotatable bonds is 4. The molecule has 0 aliphatic rings. The molecule has 0 saturated carbocycles. The van der Waals surface area contributed by atoms with Crippen LogP contribution in [-0.2, 0) is 11.3 Å². The molecule has 0 aliphatic heterocycles. The van der Waals surface area contributed by atoms with Gasteiger partial charge in [-0.2, -0.15) is 0 Å². The lowest BCUT2D eigenvalue weighted by atomic mass is 10.3. The highest BCUT2D eigenvalue weighted by Crippen LogP contribution is 2.27. The van der Waals surface area contributed by atoms with Crippen molar-refractivity contribution in [1.82, 2.24) is 4.57 Å². The van der Waals surface area contributed by atoms with Crippen molar-refractivity contribution in [3.05, 3.63) is 48.4 Å². The summed E-state index contributed by atoms with van der Waals surface area (Å²) in [5.41, 5.74) is 0.842. The quantitative estimate of drug-likeness (QED) is 0.605. The van der Waals surface area contributed by atoms with Crippen molar-refractivity contribution in [2.75, 3.05) is 0 Å². The number of benzene rings is 1. The zero-order chi connectivity index (χ0) is 14.7. The largest absolute Gasteiger partial charge is 0.425 e. The van der Waals surface area contributed by atoms with E-state index in [1.165, 1.54) is 0 Å². The van der Waals surface area contributed by atoms with E-state index >= 15 is 0 Å². The molecule has 0 spiro atoms. The second kappa shape index (κ2) is 6.56. The van der Waals surface area contributed by atoms with Gasteiger partial charge in [-0.1, -0.05) is 38.9 Å². The van der Waals surface area contributed by atoms with Crippen LogP contribution in [-0.4, -0.2) is 10.5 Å². The van der Waals surface area contributed by atoms with Crippen molar-refractivity contribution in [3.8, 4) is 5.75 Å². The second-order valence-electron chi connectivity index (χ2n) is 4.09. The predicted octanol–water partition coefficient (Wildman–Crippen LogP) is 3.63. The monoisotopic (exact) mass is 375 g/mol. The smallest absolute Gasteiger partial charge is 0.313 e. The summed E-state index contributed by atoms with van der Waals surface area (Å²) < 4.78 is 7.53. The number of esters is 1. The van der Waals surface area contributed by atoms with Crippen molar-refractivity contribution in [1.29, 1.82) is 0 Å². The molecular formula is C13H11BrClNO3S. The average molecular weight is 377 g/mol. The highest BCUT2D eigenvalue weighted by molar-refractivity contribution is 9.10. The summed E-state index contributed by atoms with van der Waals surface area (Å²) in [6.45, 7) is 2.13. The van der Waals surface area contributed by atoms with Gasteiger partial charge < -0.3 is 9.30 Å². The number of halogens is 2. The molecule has 1 heterocycles. The fourth-order valence-electron chi connectivity index (χ4n) is 1.61. The van der Waals surface area contributed by atoms with E-state index in [1.54, 1.807) is 28.1 Å². The van der Waals surface area contributed by atoms with Crippen LogP contribution in [0.5, 0.6) is 5.75 Å². The van der Waals surface area contributed by atoms with Gasteiger partial charge in [0.15, 0.2) is 0 Å². The Morgan fingerprint density at radius 2 is 2.25 bits per heavy atom. The van der Waals surface area contributed by atoms with Gasteiger partial charge in [-0.3, -0.25) is 9.59 Å². The normalized spacial score (nSPS) is 10.6. The Labute approximate surface area is 133 Å². The molecule has 2 rings (SSSR count). The van der Waals surface area contributed by atoms with Crippen molar-refractivity contribution >= 4 is 44.8 Å². The van der Waals surface area contributed by atoms with Crippen LogP contribution in [0.15, 0.2) is 32.8 Å². The third-order valence-electron chi connectivity index (χ3n) is 2.63. The molecule has 0 radical (unpaired) electrons. The van der Waals surface area contributed by atoms with Crippen molar-refractivity contribution < 1.29 is 9.53 Å². The minimum Gasteiger partial charge on any atom is -0.425 e. The number of carbonyl (C=O) groups excluding carboxylic acids is 1. The molecular weight excluding hydrogens is 366 g/mol. The van der Waals surface area contributed by atoms with Gasteiger partial charge in [0.2, 0.25) is 0 Å². The van der Waals surface area contributed by atoms with Gasteiger partial charge in [-0.05, 0) is 25.1 Å². The fraction of sp³-hybridized carbons (Fsp3) is 0.231. The van der Waals surface area contributed by atoms with E-state index in [1.807, 2.05) is 6.92 Å². The van der Waals surface area contributed by atoms with Crippen LogP contribution in [0.2, 0.25) is 5.02 Å². The molecule has 20 heavy (non-hydrogen) atoms. The average Bonchev–Trinajstić information content (AvgIpc) is 2.70. The first kappa shape index (κ1) is 15.3. The molecule has 106 valence electrons. The summed E-state index contributed by atoms with van der Waals surface area (Å²) in [4.78, 5) is 23.2. The number of aryl methyl sites for hydroxylation is 1. The van der Waals surface area contributed by atoms with Gasteiger partial charge in [0.25, 0.3) is 0 Å². The van der Waals surface area contributed by atoms with Gasteiger partial charge in [0.1, 0.15) is 5.75 Å². The zero-order valence-electron chi connectivity index (χ0n) is 10.6. The number of carbonyl (C=O) groups is 1. The number of nitrogens with zero attached hydrogens (tertiary/aromatic N) is 1. The minimum absolute atomic E-state index is 0.0722. The number of ether oxygens (including phenoxy) is 1. The highest BCUT2D eigenvalue weighted by atomic mass is 79.9. The van der Waals surface area contributed by atoms with Crippen molar-refractivity contribution in [2.24, 2.45) is 0 Å². The van der Waals surface area contributed by atoms with E-state index in [4.69, 9.17) is 16.3 Å². The van der Waals surface area contributed by atoms with Crippen LogP contribution in [0.1, 0.15) is 12.1 Å². The Morgan fingerprint density at radius 3 is 2.85 bits per heavy atom. The van der Waals surface area contributed by atoms with E-state index in [9.17, 15) is 9.59 Å². The third-order valence-corrected chi connectivity index (χ3v) is 4.30. The first-order chi connectivity index (χ1) is 9.47. The van der Waals surface area contributed by atoms with Crippen LogP contribution < -0.4 is 9.61 Å². The summed E-state index contributed by atoms with van der Waals surface area (Å²) in [7, 11) is 0. The van der Waals surface area contributed by atoms with Crippen LogP contribution in [0.4, 0.5) is 0 Å². The predicted molar refractivity (Wildman–Crippen MR) is 82.7 cm³/mol. The first-order valence-corrected chi connectivity index (χ1v) is 7.83. The second-order valence-corrected chi connectivity index (χ2v) is 6.24. The number of aromatic nitrogens is 1. The lowest BCUT2D eigenvalue weighted by molar-refractivity contribution is -0.134. The Balaban J connectivity index is 1.98. The zero-order valence-corrected chi connectivity index (χ0v) is 13.7. The molecule has 0 aliphatic carbocycles. The van der Waals surface area contributed by atoms with Gasteiger partial charge in [-0.25, -0.2) is 0 Å². The van der Waals surface area contributed by atoms with E-state index in [-0.39, 0.29) is 11.3 Å². The van der Waals surface area contributed by atoms with Gasteiger partial charge in [-0.15, -0.1) is 0 Å². The Hall–Kier alpha value is -1.11. The van der Waals surface area contributed by atoms with E-state index in [0.29, 0.717) is 17.3 Å². The Kier molecular flexibility index (Phi) is 5.01. The molecule has 1 aromatic carbocycles. The van der Waals surface area contributed by atoms with E-state index in [0.717, 1.165) is 21.5 Å². The Bertz CT molecular complexity index is 695. The number of hydrogen-bond donors (Lipinski definition) is 0. The number of hydrogen-bond acceptors (Lipinski definition) is 4. The molecule has 0 amide bonds. The molecule has 0 saturated heterocycles.